The van der Waals surface area contributed by atoms with E-state index in [1.165, 1.54) is 0 Å². The van der Waals surface area contributed by atoms with Crippen LogP contribution in [0, 0.1) is 11.8 Å². The number of aryl methyl sites for hydroxylation is 1. The summed E-state index contributed by atoms with van der Waals surface area (Å²) in [5, 5.41) is 5.75. The molecular weight excluding hydrogens is 422 g/mol. The number of ether oxygens (including phenoxy) is 1. The number of nitrogens with one attached hydrogen (secondary N) is 1. The van der Waals surface area contributed by atoms with Gasteiger partial charge in [0.25, 0.3) is 5.56 Å². The predicted molar refractivity (Wildman–Crippen MR) is 125 cm³/mol. The highest BCUT2D eigenvalue weighted by Crippen LogP contribution is 2.33. The lowest BCUT2D eigenvalue weighted by atomic mass is 10.1. The second kappa shape index (κ2) is 9.09. The van der Waals surface area contributed by atoms with Crippen LogP contribution in [-0.2, 0) is 17.6 Å². The number of amides is 1. The van der Waals surface area contributed by atoms with E-state index in [1.807, 2.05) is 42.5 Å². The topological polar surface area (TPSA) is 73.2 Å². The number of hydrogen-bond acceptors (Lipinski definition) is 5. The van der Waals surface area contributed by atoms with Crippen LogP contribution in [-0.4, -0.2) is 34.4 Å². The van der Waals surface area contributed by atoms with Crippen LogP contribution in [0.1, 0.15) is 30.1 Å². The summed E-state index contributed by atoms with van der Waals surface area (Å²) in [4.78, 5) is 29.9. The van der Waals surface area contributed by atoms with Gasteiger partial charge in [0.15, 0.2) is 5.16 Å². The van der Waals surface area contributed by atoms with Crippen molar-refractivity contribution < 1.29 is 9.53 Å². The third-order valence-corrected chi connectivity index (χ3v) is 6.94. The third kappa shape index (κ3) is 4.11. The molecule has 0 spiro atoms. The number of nitrogens with zero attached hydrogens (tertiary/aromatic N) is 2. The molecule has 0 fully saturated rings. The lowest BCUT2D eigenvalue weighted by Crippen LogP contribution is -2.32. The van der Waals surface area contributed by atoms with Crippen LogP contribution in [0.3, 0.4) is 0 Å². The molecule has 1 aromatic heterocycles. The fraction of sp³-hybridized carbons (Fsp3) is 0.320. The molecule has 5 rings (SSSR count). The second-order valence-electron chi connectivity index (χ2n) is 7.91. The Morgan fingerprint density at radius 3 is 3.00 bits per heavy atom. The van der Waals surface area contributed by atoms with Crippen molar-refractivity contribution in [3.63, 3.8) is 0 Å². The standard InChI is InChI=1S/C25H23N3O3S/c29-23(15-18-16-32-25-27-21-11-6-10-20(21)24(30)28(18)25)26-13-3-4-14-31-22-12-5-8-17-7-1-2-9-19(17)22/h1-2,5,7-9,12,18H,6,10-11,13-16H2,(H,26,29). The van der Waals surface area contributed by atoms with E-state index in [1.54, 1.807) is 16.3 Å². The molecule has 1 aliphatic carbocycles. The van der Waals surface area contributed by atoms with Crippen LogP contribution in [0.5, 0.6) is 5.75 Å². The van der Waals surface area contributed by atoms with E-state index in [0.717, 1.165) is 52.2 Å². The molecule has 3 aromatic rings. The molecule has 2 heterocycles. The van der Waals surface area contributed by atoms with E-state index in [9.17, 15) is 9.59 Å². The number of thioether (sulfide) groups is 1. The summed E-state index contributed by atoms with van der Waals surface area (Å²) in [6, 6.07) is 13.8. The van der Waals surface area contributed by atoms with Crippen LogP contribution in [0.15, 0.2) is 52.4 Å². The average Bonchev–Trinajstić information content (AvgIpc) is 3.44. The van der Waals surface area contributed by atoms with E-state index in [4.69, 9.17) is 4.74 Å². The van der Waals surface area contributed by atoms with Gasteiger partial charge in [-0.3, -0.25) is 14.2 Å². The third-order valence-electron chi connectivity index (χ3n) is 5.84. The maximum Gasteiger partial charge on any atom is 0.257 e. The molecule has 1 N–H and O–H groups in total. The van der Waals surface area contributed by atoms with Gasteiger partial charge in [0.2, 0.25) is 5.91 Å². The van der Waals surface area contributed by atoms with Crippen molar-refractivity contribution in [3.05, 3.63) is 64.1 Å². The molecule has 0 bridgehead atoms. The number of carbonyl (C=O) groups is 1. The first-order valence-corrected chi connectivity index (χ1v) is 11.8. The molecule has 6 nitrogen and oxygen atoms in total. The average molecular weight is 446 g/mol. The number of hydrogen-bond donors (Lipinski definition) is 1. The normalized spacial score (nSPS) is 16.2. The minimum Gasteiger partial charge on any atom is -0.480 e. The van der Waals surface area contributed by atoms with Gasteiger partial charge in [0.1, 0.15) is 12.4 Å². The van der Waals surface area contributed by atoms with Crippen LogP contribution in [0.2, 0.25) is 0 Å². The van der Waals surface area contributed by atoms with E-state index in [0.29, 0.717) is 5.75 Å². The Morgan fingerprint density at radius 1 is 1.19 bits per heavy atom. The molecule has 0 saturated heterocycles. The molecule has 0 saturated carbocycles. The highest BCUT2D eigenvalue weighted by Gasteiger charge is 2.30. The van der Waals surface area contributed by atoms with Gasteiger partial charge in [0, 0.05) is 23.1 Å². The van der Waals surface area contributed by atoms with E-state index >= 15 is 0 Å². The lowest BCUT2D eigenvalue weighted by Gasteiger charge is -2.13. The van der Waals surface area contributed by atoms with Crippen molar-refractivity contribution >= 4 is 28.4 Å². The summed E-state index contributed by atoms with van der Waals surface area (Å²) in [7, 11) is 0. The minimum absolute atomic E-state index is 0.0377. The van der Waals surface area contributed by atoms with E-state index in [2.05, 4.69) is 22.1 Å². The molecule has 2 aromatic carbocycles. The number of aromatic nitrogens is 2. The Kier molecular flexibility index (Phi) is 5.87. The second-order valence-corrected chi connectivity index (χ2v) is 8.90. The Morgan fingerprint density at radius 2 is 2.06 bits per heavy atom. The summed E-state index contributed by atoms with van der Waals surface area (Å²) >= 11 is 1.56. The highest BCUT2D eigenvalue weighted by atomic mass is 32.2. The van der Waals surface area contributed by atoms with Crippen molar-refractivity contribution in [1.29, 1.82) is 0 Å². The predicted octanol–water partition coefficient (Wildman–Crippen LogP) is 3.12. The summed E-state index contributed by atoms with van der Waals surface area (Å²) in [6.07, 6.45) is 2.92. The van der Waals surface area contributed by atoms with Gasteiger partial charge in [-0.05, 0) is 30.7 Å². The summed E-state index contributed by atoms with van der Waals surface area (Å²) in [5.41, 5.74) is 1.81. The van der Waals surface area contributed by atoms with Crippen molar-refractivity contribution in [2.45, 2.75) is 36.9 Å². The first kappa shape index (κ1) is 20.7. The zero-order chi connectivity index (χ0) is 21.9. The Balaban J connectivity index is 1.13. The monoisotopic (exact) mass is 445 g/mol. The molecular formula is C25H23N3O3S. The summed E-state index contributed by atoms with van der Waals surface area (Å²) in [6.45, 7) is 0.504. The van der Waals surface area contributed by atoms with Crippen molar-refractivity contribution in [2.24, 2.45) is 0 Å². The van der Waals surface area contributed by atoms with Gasteiger partial charge in [-0.25, -0.2) is 4.98 Å². The number of rotatable bonds is 5. The van der Waals surface area contributed by atoms with E-state index in [-0.39, 0.29) is 37.1 Å². The van der Waals surface area contributed by atoms with Crippen LogP contribution in [0.4, 0.5) is 0 Å². The van der Waals surface area contributed by atoms with Crippen LogP contribution < -0.4 is 15.6 Å². The van der Waals surface area contributed by atoms with Gasteiger partial charge in [0.05, 0.1) is 18.3 Å². The number of carbonyl (C=O) groups excluding carboxylic acids is 1. The van der Waals surface area contributed by atoms with E-state index < -0.39 is 0 Å². The van der Waals surface area contributed by atoms with Gasteiger partial charge in [-0.1, -0.05) is 60.0 Å². The van der Waals surface area contributed by atoms with Crippen molar-refractivity contribution in [3.8, 4) is 17.6 Å². The Labute approximate surface area is 190 Å². The molecule has 162 valence electrons. The quantitative estimate of drug-likeness (QED) is 0.483. The number of fused-ring (bicyclic) bond motifs is 3. The molecule has 0 radical (unpaired) electrons. The molecule has 1 unspecified atom stereocenters. The first-order valence-electron chi connectivity index (χ1n) is 10.8. The molecule has 2 aliphatic rings. The summed E-state index contributed by atoms with van der Waals surface area (Å²) < 4.78 is 7.51. The van der Waals surface area contributed by atoms with Gasteiger partial charge in [-0.15, -0.1) is 0 Å². The zero-order valence-electron chi connectivity index (χ0n) is 17.6. The van der Waals surface area contributed by atoms with Crippen molar-refractivity contribution in [1.82, 2.24) is 14.9 Å². The molecule has 1 amide bonds. The highest BCUT2D eigenvalue weighted by molar-refractivity contribution is 7.99. The Bertz CT molecular complexity index is 1300. The number of benzene rings is 2. The smallest absolute Gasteiger partial charge is 0.257 e. The fourth-order valence-corrected chi connectivity index (χ4v) is 5.43. The molecule has 32 heavy (non-hydrogen) atoms. The summed E-state index contributed by atoms with van der Waals surface area (Å²) in [5.74, 6) is 7.26. The fourth-order valence-electron chi connectivity index (χ4n) is 4.28. The van der Waals surface area contributed by atoms with Gasteiger partial charge < -0.3 is 10.1 Å². The van der Waals surface area contributed by atoms with Crippen LogP contribution in [0.25, 0.3) is 10.8 Å². The molecule has 1 atom stereocenters. The maximum atomic E-state index is 12.8. The van der Waals surface area contributed by atoms with Gasteiger partial charge >= 0.3 is 0 Å². The van der Waals surface area contributed by atoms with Gasteiger partial charge in [-0.2, -0.15) is 0 Å². The van der Waals surface area contributed by atoms with Crippen LogP contribution >= 0.6 is 11.8 Å². The molecule has 7 heteroatoms. The first-order chi connectivity index (χ1) is 15.7. The minimum atomic E-state index is -0.149. The van der Waals surface area contributed by atoms with Crippen molar-refractivity contribution in [2.75, 3.05) is 18.9 Å². The zero-order valence-corrected chi connectivity index (χ0v) is 18.4. The SMILES string of the molecule is O=C(CC1CSc2nc3c(c(=O)n21)CCC3)NCC#CCOc1cccc2ccccc12. The Hall–Kier alpha value is -3.24. The maximum absolute atomic E-state index is 12.8. The lowest BCUT2D eigenvalue weighted by molar-refractivity contribution is -0.121. The largest absolute Gasteiger partial charge is 0.480 e. The molecule has 1 aliphatic heterocycles.